The fraction of sp³-hybridized carbons (Fsp3) is 0.360. The summed E-state index contributed by atoms with van der Waals surface area (Å²) in [7, 11) is -3.81. The number of alkyl halides is 3. The summed E-state index contributed by atoms with van der Waals surface area (Å²) in [5.74, 6) is -0.230. The van der Waals surface area contributed by atoms with Gasteiger partial charge in [-0.3, -0.25) is 9.79 Å². The van der Waals surface area contributed by atoms with Crippen LogP contribution in [0.5, 0.6) is 11.5 Å². The zero-order valence-electron chi connectivity index (χ0n) is 20.4. The average molecular weight is 554 g/mol. The number of aliphatic hydroxyl groups is 1. The topological polar surface area (TPSA) is 118 Å². The molecule has 2 heterocycles. The number of carbonyl (C=O) groups excluding carboxylic acids is 1. The molecule has 2 aliphatic rings. The maximum Gasteiger partial charge on any atom is 0.573 e. The Kier molecular flexibility index (Phi) is 7.81. The number of piperidine rings is 1. The van der Waals surface area contributed by atoms with E-state index in [9.17, 15) is 26.4 Å². The number of carbonyl (C=O) groups is 1. The van der Waals surface area contributed by atoms with E-state index in [1.54, 1.807) is 25.1 Å². The van der Waals surface area contributed by atoms with Crippen LogP contribution in [-0.4, -0.2) is 67.8 Å². The molecule has 2 aliphatic heterocycles. The van der Waals surface area contributed by atoms with Gasteiger partial charge in [-0.25, -0.2) is 8.42 Å². The first kappa shape index (κ1) is 27.6. The molecule has 9 nitrogen and oxygen atoms in total. The van der Waals surface area contributed by atoms with Gasteiger partial charge in [0, 0.05) is 24.1 Å². The fourth-order valence-corrected chi connectivity index (χ4v) is 5.49. The minimum Gasteiger partial charge on any atom is -0.491 e. The number of amides is 1. The Morgan fingerprint density at radius 3 is 2.58 bits per heavy atom. The maximum atomic E-state index is 13.0. The summed E-state index contributed by atoms with van der Waals surface area (Å²) in [6, 6.07) is 10.3. The molecule has 0 saturated carbocycles. The SMILES string of the molecule is Cc1c(C=CS(=O)(=O)N2CCC3(CC2)N=C(c2cccc(OC(F)(F)F)c2)NC3=O)cccc1OCCO. The van der Waals surface area contributed by atoms with Crippen molar-refractivity contribution in [1.29, 1.82) is 0 Å². The Hall–Kier alpha value is -3.42. The van der Waals surface area contributed by atoms with E-state index >= 15 is 0 Å². The van der Waals surface area contributed by atoms with E-state index in [0.29, 0.717) is 11.3 Å². The summed E-state index contributed by atoms with van der Waals surface area (Å²) in [5.41, 5.74) is 0.398. The monoisotopic (exact) mass is 553 g/mol. The normalized spacial score (nSPS) is 18.0. The Bertz CT molecular complexity index is 1370. The quantitative estimate of drug-likeness (QED) is 0.519. The van der Waals surface area contributed by atoms with Crippen LogP contribution in [0.3, 0.4) is 0 Å². The van der Waals surface area contributed by atoms with E-state index in [2.05, 4.69) is 15.0 Å². The molecule has 1 saturated heterocycles. The van der Waals surface area contributed by atoms with Crippen LogP contribution < -0.4 is 14.8 Å². The van der Waals surface area contributed by atoms with E-state index in [-0.39, 0.29) is 50.5 Å². The van der Waals surface area contributed by atoms with Crippen molar-refractivity contribution in [3.63, 3.8) is 0 Å². The van der Waals surface area contributed by atoms with Crippen molar-refractivity contribution in [1.82, 2.24) is 9.62 Å². The van der Waals surface area contributed by atoms with Gasteiger partial charge in [0.25, 0.3) is 5.91 Å². The van der Waals surface area contributed by atoms with Gasteiger partial charge in [0.15, 0.2) is 0 Å². The summed E-state index contributed by atoms with van der Waals surface area (Å²) in [4.78, 5) is 17.3. The molecule has 38 heavy (non-hydrogen) atoms. The zero-order chi connectivity index (χ0) is 27.6. The lowest BCUT2D eigenvalue weighted by Gasteiger charge is -2.34. The second-order valence-corrected chi connectivity index (χ2v) is 10.6. The fourth-order valence-electron chi connectivity index (χ4n) is 4.31. The molecule has 0 bridgehead atoms. The predicted octanol–water partition coefficient (Wildman–Crippen LogP) is 2.98. The largest absolute Gasteiger partial charge is 0.573 e. The van der Waals surface area contributed by atoms with Crippen molar-refractivity contribution in [3.8, 4) is 11.5 Å². The number of aliphatic hydroxyl groups excluding tert-OH is 1. The molecule has 204 valence electrons. The molecule has 0 unspecified atom stereocenters. The number of aliphatic imine (C=N–C) groups is 1. The number of amidine groups is 1. The van der Waals surface area contributed by atoms with E-state index in [1.807, 2.05) is 0 Å². The van der Waals surface area contributed by atoms with Crippen LogP contribution in [0.2, 0.25) is 0 Å². The van der Waals surface area contributed by atoms with Gasteiger partial charge in [-0.05, 0) is 55.2 Å². The summed E-state index contributed by atoms with van der Waals surface area (Å²) in [6.07, 6.45) is -3.17. The summed E-state index contributed by atoms with van der Waals surface area (Å²) >= 11 is 0. The van der Waals surface area contributed by atoms with Crippen LogP contribution >= 0.6 is 0 Å². The van der Waals surface area contributed by atoms with Crippen LogP contribution in [0.4, 0.5) is 13.2 Å². The molecule has 1 fully saturated rings. The van der Waals surface area contributed by atoms with Crippen molar-refractivity contribution < 1.29 is 41.0 Å². The van der Waals surface area contributed by atoms with Crippen LogP contribution in [0, 0.1) is 6.92 Å². The van der Waals surface area contributed by atoms with Crippen LogP contribution in [0.1, 0.15) is 29.5 Å². The molecule has 0 radical (unpaired) electrons. The minimum atomic E-state index is -4.86. The van der Waals surface area contributed by atoms with E-state index in [1.165, 1.54) is 22.5 Å². The smallest absolute Gasteiger partial charge is 0.491 e. The molecule has 0 aliphatic carbocycles. The number of nitrogens with zero attached hydrogens (tertiary/aromatic N) is 2. The second-order valence-electron chi connectivity index (χ2n) is 8.81. The first-order valence-electron chi connectivity index (χ1n) is 11.7. The predicted molar refractivity (Wildman–Crippen MR) is 133 cm³/mol. The van der Waals surface area contributed by atoms with Crippen molar-refractivity contribution >= 4 is 27.8 Å². The van der Waals surface area contributed by atoms with Gasteiger partial charge >= 0.3 is 6.36 Å². The molecule has 13 heteroatoms. The van der Waals surface area contributed by atoms with Crippen LogP contribution in [0.15, 0.2) is 52.9 Å². The second kappa shape index (κ2) is 10.8. The Morgan fingerprint density at radius 1 is 1.18 bits per heavy atom. The van der Waals surface area contributed by atoms with E-state index in [0.717, 1.165) is 23.1 Å². The van der Waals surface area contributed by atoms with Gasteiger partial charge in [0.2, 0.25) is 10.0 Å². The zero-order valence-corrected chi connectivity index (χ0v) is 21.2. The van der Waals surface area contributed by atoms with Crippen molar-refractivity contribution in [2.75, 3.05) is 26.3 Å². The lowest BCUT2D eigenvalue weighted by atomic mass is 9.89. The lowest BCUT2D eigenvalue weighted by Crippen LogP contribution is -2.50. The number of benzene rings is 2. The number of nitrogens with one attached hydrogen (secondary N) is 1. The first-order chi connectivity index (χ1) is 17.9. The van der Waals surface area contributed by atoms with Gasteiger partial charge in [-0.2, -0.15) is 4.31 Å². The Morgan fingerprint density at radius 2 is 1.89 bits per heavy atom. The van der Waals surface area contributed by atoms with Gasteiger partial charge in [-0.15, -0.1) is 13.2 Å². The average Bonchev–Trinajstić information content (AvgIpc) is 3.17. The molecule has 2 N–H and O–H groups in total. The molecule has 2 aromatic carbocycles. The standard InChI is InChI=1S/C25H26F3N3O6S/c1-17-18(4-3-7-21(17)36-14-13-32)8-15-38(34,35)31-11-9-24(10-12-31)23(33)29-22(30-24)19-5-2-6-20(16-19)37-25(26,27)28/h2-8,15-16,32H,9-14H2,1H3,(H,29,30,33). The minimum absolute atomic E-state index is 0.0345. The molecule has 2 aromatic rings. The van der Waals surface area contributed by atoms with Gasteiger partial charge in [0.1, 0.15) is 29.5 Å². The third-order valence-corrected chi connectivity index (χ3v) is 7.89. The molecule has 1 amide bonds. The Labute approximate surface area is 217 Å². The molecular formula is C25H26F3N3O6S. The number of rotatable bonds is 8. The van der Waals surface area contributed by atoms with Gasteiger partial charge < -0.3 is 19.9 Å². The van der Waals surface area contributed by atoms with E-state index < -0.39 is 33.6 Å². The number of halogens is 3. The molecule has 1 spiro atoms. The Balaban J connectivity index is 1.46. The van der Waals surface area contributed by atoms with Gasteiger partial charge in [0.05, 0.1) is 6.61 Å². The van der Waals surface area contributed by atoms with Crippen molar-refractivity contribution in [2.45, 2.75) is 31.7 Å². The highest BCUT2D eigenvalue weighted by atomic mass is 32.2. The maximum absolute atomic E-state index is 13.0. The molecule has 0 aromatic heterocycles. The van der Waals surface area contributed by atoms with Crippen LogP contribution in [0.25, 0.3) is 6.08 Å². The third-order valence-electron chi connectivity index (χ3n) is 6.33. The van der Waals surface area contributed by atoms with Crippen LogP contribution in [-0.2, 0) is 14.8 Å². The lowest BCUT2D eigenvalue weighted by molar-refractivity contribution is -0.274. The van der Waals surface area contributed by atoms with Crippen molar-refractivity contribution in [3.05, 3.63) is 64.6 Å². The molecule has 0 atom stereocenters. The molecule has 4 rings (SSSR count). The third kappa shape index (κ3) is 6.17. The highest BCUT2D eigenvalue weighted by Crippen LogP contribution is 2.33. The summed E-state index contributed by atoms with van der Waals surface area (Å²) < 4.78 is 74.3. The number of ether oxygens (including phenoxy) is 2. The highest BCUT2D eigenvalue weighted by molar-refractivity contribution is 7.92. The van der Waals surface area contributed by atoms with Crippen molar-refractivity contribution in [2.24, 2.45) is 4.99 Å². The first-order valence-corrected chi connectivity index (χ1v) is 13.2. The molecular weight excluding hydrogens is 527 g/mol. The summed E-state index contributed by atoms with van der Waals surface area (Å²) in [5, 5.41) is 12.7. The number of sulfonamides is 1. The highest BCUT2D eigenvalue weighted by Gasteiger charge is 2.47. The number of hydrogen-bond acceptors (Lipinski definition) is 7. The number of hydrogen-bond donors (Lipinski definition) is 2. The summed E-state index contributed by atoms with van der Waals surface area (Å²) in [6.45, 7) is 1.82. The van der Waals surface area contributed by atoms with Gasteiger partial charge in [-0.1, -0.05) is 24.3 Å². The van der Waals surface area contributed by atoms with E-state index in [4.69, 9.17) is 9.84 Å².